The first-order chi connectivity index (χ1) is 8.61. The Morgan fingerprint density at radius 2 is 2.28 bits per heavy atom. The summed E-state index contributed by atoms with van der Waals surface area (Å²) in [6, 6.07) is 5.98. The van der Waals surface area contributed by atoms with Crippen LogP contribution in [0.3, 0.4) is 0 Å². The lowest BCUT2D eigenvalue weighted by Gasteiger charge is -2.37. The molecule has 1 atom stereocenters. The van der Waals surface area contributed by atoms with Crippen molar-refractivity contribution in [3.8, 4) is 0 Å². The van der Waals surface area contributed by atoms with Gasteiger partial charge in [0.15, 0.2) is 0 Å². The fourth-order valence-corrected chi connectivity index (χ4v) is 2.46. The highest BCUT2D eigenvalue weighted by atomic mass is 16.1. The average Bonchev–Trinajstić information content (AvgIpc) is 2.35. The van der Waals surface area contributed by atoms with Crippen LogP contribution in [0.4, 0.5) is 11.4 Å². The van der Waals surface area contributed by atoms with E-state index >= 15 is 0 Å². The highest BCUT2D eigenvalue weighted by molar-refractivity contribution is 5.71. The first-order valence-corrected chi connectivity index (χ1v) is 6.37. The van der Waals surface area contributed by atoms with Gasteiger partial charge in [-0.3, -0.25) is 0 Å². The number of carbonyl (C=O) groups excluding carboxylic acids is 1. The summed E-state index contributed by atoms with van der Waals surface area (Å²) in [5.74, 6) is 0. The van der Waals surface area contributed by atoms with Crippen molar-refractivity contribution in [2.45, 2.75) is 18.9 Å². The third-order valence-electron chi connectivity index (χ3n) is 3.47. The number of hydrogen-bond acceptors (Lipinski definition) is 4. The van der Waals surface area contributed by atoms with Crippen LogP contribution in [0.5, 0.6) is 0 Å². The zero-order valence-electron chi connectivity index (χ0n) is 11.1. The predicted octanol–water partition coefficient (Wildman–Crippen LogP) is 1.15. The third kappa shape index (κ3) is 2.64. The van der Waals surface area contributed by atoms with Gasteiger partial charge < -0.3 is 20.3 Å². The van der Waals surface area contributed by atoms with Crippen molar-refractivity contribution >= 4 is 17.7 Å². The van der Waals surface area contributed by atoms with Gasteiger partial charge in [0.2, 0.25) is 0 Å². The topological polar surface area (TPSA) is 49.6 Å². The van der Waals surface area contributed by atoms with E-state index in [1.165, 1.54) is 5.56 Å². The van der Waals surface area contributed by atoms with Gasteiger partial charge in [0, 0.05) is 24.5 Å². The molecular weight excluding hydrogens is 226 g/mol. The Labute approximate surface area is 108 Å². The summed E-state index contributed by atoms with van der Waals surface area (Å²) in [7, 11) is 4.09. The first-order valence-electron chi connectivity index (χ1n) is 6.37. The van der Waals surface area contributed by atoms with E-state index in [0.717, 1.165) is 43.6 Å². The van der Waals surface area contributed by atoms with Crippen LogP contribution in [0.1, 0.15) is 12.0 Å². The Morgan fingerprint density at radius 3 is 2.94 bits per heavy atom. The predicted molar refractivity (Wildman–Crippen MR) is 74.9 cm³/mol. The van der Waals surface area contributed by atoms with Crippen LogP contribution in [-0.2, 0) is 11.2 Å². The molecule has 4 heteroatoms. The Balaban J connectivity index is 2.26. The van der Waals surface area contributed by atoms with E-state index in [4.69, 9.17) is 5.73 Å². The zero-order valence-corrected chi connectivity index (χ0v) is 11.1. The molecule has 0 radical (unpaired) electrons. The molecule has 1 aliphatic rings. The number of benzene rings is 1. The number of nitrogen functional groups attached to an aromatic ring is 1. The van der Waals surface area contributed by atoms with Gasteiger partial charge in [-0.15, -0.1) is 0 Å². The van der Waals surface area contributed by atoms with E-state index in [9.17, 15) is 4.79 Å². The second kappa shape index (κ2) is 5.40. The van der Waals surface area contributed by atoms with Crippen molar-refractivity contribution < 1.29 is 4.79 Å². The number of aldehydes is 1. The zero-order chi connectivity index (χ0) is 13.1. The molecule has 1 unspecified atom stereocenters. The highest BCUT2D eigenvalue weighted by Crippen LogP contribution is 2.31. The van der Waals surface area contributed by atoms with Crippen LogP contribution in [-0.4, -0.2) is 44.4 Å². The van der Waals surface area contributed by atoms with E-state index in [2.05, 4.69) is 9.80 Å². The van der Waals surface area contributed by atoms with Gasteiger partial charge in [0.1, 0.15) is 6.29 Å². The molecule has 0 aliphatic carbocycles. The Hall–Kier alpha value is -1.55. The molecule has 0 aromatic heterocycles. The van der Waals surface area contributed by atoms with Gasteiger partial charge in [-0.25, -0.2) is 0 Å². The molecule has 0 saturated carbocycles. The van der Waals surface area contributed by atoms with Crippen molar-refractivity contribution in [2.75, 3.05) is 37.8 Å². The van der Waals surface area contributed by atoms with Gasteiger partial charge in [-0.2, -0.15) is 0 Å². The smallest absolute Gasteiger partial charge is 0.142 e. The largest absolute Gasteiger partial charge is 0.399 e. The Bertz CT molecular complexity index is 431. The molecule has 2 N–H and O–H groups in total. The van der Waals surface area contributed by atoms with E-state index in [1.807, 2.05) is 32.3 Å². The van der Waals surface area contributed by atoms with Crippen molar-refractivity contribution in [1.29, 1.82) is 0 Å². The lowest BCUT2D eigenvalue weighted by atomic mass is 9.96. The van der Waals surface area contributed by atoms with Crippen LogP contribution < -0.4 is 10.6 Å². The Kier molecular flexibility index (Phi) is 3.87. The number of nitrogens with two attached hydrogens (primary N) is 1. The third-order valence-corrected chi connectivity index (χ3v) is 3.47. The molecule has 0 saturated heterocycles. The summed E-state index contributed by atoms with van der Waals surface area (Å²) in [5.41, 5.74) is 9.04. The number of aryl methyl sites for hydroxylation is 1. The Morgan fingerprint density at radius 1 is 1.50 bits per heavy atom. The van der Waals surface area contributed by atoms with Gasteiger partial charge in [-0.05, 0) is 50.7 Å². The summed E-state index contributed by atoms with van der Waals surface area (Å²) >= 11 is 0. The van der Waals surface area contributed by atoms with Crippen molar-refractivity contribution in [1.82, 2.24) is 4.90 Å². The maximum absolute atomic E-state index is 11.2. The lowest BCUT2D eigenvalue weighted by Crippen LogP contribution is -2.43. The maximum Gasteiger partial charge on any atom is 0.142 e. The maximum atomic E-state index is 11.2. The van der Waals surface area contributed by atoms with Gasteiger partial charge in [-0.1, -0.05) is 0 Å². The SMILES string of the molecule is CN(C)CCN1c2ccc(N)cc2CCC1C=O. The molecule has 0 bridgehead atoms. The molecule has 1 aromatic carbocycles. The number of fused-ring (bicyclic) bond motifs is 1. The molecule has 0 fully saturated rings. The lowest BCUT2D eigenvalue weighted by molar-refractivity contribution is -0.109. The molecule has 0 amide bonds. The summed E-state index contributed by atoms with van der Waals surface area (Å²) in [4.78, 5) is 15.5. The summed E-state index contributed by atoms with van der Waals surface area (Å²) < 4.78 is 0. The van der Waals surface area contributed by atoms with Crippen LogP contribution in [0, 0.1) is 0 Å². The molecular formula is C14H21N3O. The standard InChI is InChI=1S/C14H21N3O/c1-16(2)7-8-17-13(10-18)5-3-11-9-12(15)4-6-14(11)17/h4,6,9-10,13H,3,5,7-8,15H2,1-2H3. The number of nitrogens with zero attached hydrogens (tertiary/aromatic N) is 2. The van der Waals surface area contributed by atoms with Gasteiger partial charge in [0.25, 0.3) is 0 Å². The van der Waals surface area contributed by atoms with Crippen LogP contribution in [0.25, 0.3) is 0 Å². The second-order valence-corrected chi connectivity index (χ2v) is 5.13. The molecule has 0 spiro atoms. The fourth-order valence-electron chi connectivity index (χ4n) is 2.46. The van der Waals surface area contributed by atoms with E-state index < -0.39 is 0 Å². The van der Waals surface area contributed by atoms with Gasteiger partial charge >= 0.3 is 0 Å². The molecule has 4 nitrogen and oxygen atoms in total. The molecule has 1 heterocycles. The normalized spacial score (nSPS) is 18.8. The number of anilines is 2. The monoisotopic (exact) mass is 247 g/mol. The second-order valence-electron chi connectivity index (χ2n) is 5.13. The molecule has 98 valence electrons. The first kappa shape index (κ1) is 12.9. The minimum Gasteiger partial charge on any atom is -0.399 e. The summed E-state index contributed by atoms with van der Waals surface area (Å²) in [6.07, 6.45) is 2.88. The summed E-state index contributed by atoms with van der Waals surface area (Å²) in [5, 5.41) is 0. The average molecular weight is 247 g/mol. The number of hydrogen-bond donors (Lipinski definition) is 1. The van der Waals surface area contributed by atoms with Crippen molar-refractivity contribution in [3.63, 3.8) is 0 Å². The van der Waals surface area contributed by atoms with Crippen molar-refractivity contribution in [2.24, 2.45) is 0 Å². The van der Waals surface area contributed by atoms with E-state index in [0.29, 0.717) is 0 Å². The van der Waals surface area contributed by atoms with Crippen molar-refractivity contribution in [3.05, 3.63) is 23.8 Å². The number of carbonyl (C=O) groups is 1. The molecule has 2 rings (SSSR count). The molecule has 18 heavy (non-hydrogen) atoms. The minimum absolute atomic E-state index is 0.000995. The van der Waals surface area contributed by atoms with Gasteiger partial charge in [0.05, 0.1) is 6.04 Å². The summed E-state index contributed by atoms with van der Waals surface area (Å²) in [6.45, 7) is 1.81. The van der Waals surface area contributed by atoms with Crippen LogP contribution >= 0.6 is 0 Å². The molecule has 1 aromatic rings. The number of likely N-dealkylation sites (N-methyl/N-ethyl adjacent to an activating group) is 1. The highest BCUT2D eigenvalue weighted by Gasteiger charge is 2.25. The molecule has 1 aliphatic heterocycles. The van der Waals surface area contributed by atoms with Crippen LogP contribution in [0.2, 0.25) is 0 Å². The van der Waals surface area contributed by atoms with E-state index in [-0.39, 0.29) is 6.04 Å². The number of rotatable bonds is 4. The van der Waals surface area contributed by atoms with E-state index in [1.54, 1.807) is 0 Å². The fraction of sp³-hybridized carbons (Fsp3) is 0.500. The minimum atomic E-state index is 0.000995. The quantitative estimate of drug-likeness (QED) is 0.640. The van der Waals surface area contributed by atoms with Crippen LogP contribution in [0.15, 0.2) is 18.2 Å².